The van der Waals surface area contributed by atoms with Crippen molar-refractivity contribution in [3.05, 3.63) is 47.9 Å². The minimum atomic E-state index is -0.0368. The number of hydrogen-bond acceptors (Lipinski definition) is 4. The van der Waals surface area contributed by atoms with E-state index in [1.165, 1.54) is 0 Å². The van der Waals surface area contributed by atoms with Gasteiger partial charge < -0.3 is 0 Å². The van der Waals surface area contributed by atoms with Gasteiger partial charge in [0.1, 0.15) is 0 Å². The monoisotopic (exact) mass is 270 g/mol. The second-order valence-electron chi connectivity index (χ2n) is 4.97. The number of rotatable bonds is 4. The van der Waals surface area contributed by atoms with Gasteiger partial charge in [-0.05, 0) is 18.1 Å². The van der Waals surface area contributed by atoms with Crippen molar-refractivity contribution >= 4 is 10.9 Å². The van der Waals surface area contributed by atoms with Crippen molar-refractivity contribution in [3.63, 3.8) is 0 Å². The Hall–Kier alpha value is -2.18. The zero-order valence-electron chi connectivity index (χ0n) is 11.6. The fraction of sp³-hybridized carbons (Fsp3) is 0.286. The van der Waals surface area contributed by atoms with Gasteiger partial charge in [0.05, 0.1) is 23.4 Å². The number of nitrogens with one attached hydrogen (secondary N) is 1. The molecule has 0 radical (unpaired) electrons. The molecule has 0 bridgehead atoms. The number of nitrogens with two attached hydrogens (primary N) is 1. The van der Waals surface area contributed by atoms with Crippen LogP contribution in [-0.2, 0) is 20.5 Å². The average Bonchev–Trinajstić information content (AvgIpc) is 3.01. The molecule has 1 atom stereocenters. The second kappa shape index (κ2) is 5.07. The smallest absolute Gasteiger partial charge is 0.0889 e. The van der Waals surface area contributed by atoms with Crippen molar-refractivity contribution in [1.82, 2.24) is 25.0 Å². The summed E-state index contributed by atoms with van der Waals surface area (Å²) in [5.41, 5.74) is 6.07. The Kier molecular flexibility index (Phi) is 3.25. The largest absolute Gasteiger partial charge is 0.276 e. The highest BCUT2D eigenvalue weighted by molar-refractivity contribution is 5.82. The number of benzene rings is 1. The van der Waals surface area contributed by atoms with Crippen LogP contribution in [0.2, 0.25) is 0 Å². The molecule has 3 aromatic rings. The van der Waals surface area contributed by atoms with E-state index in [9.17, 15) is 0 Å². The van der Waals surface area contributed by atoms with Crippen molar-refractivity contribution in [1.29, 1.82) is 0 Å². The molecule has 3 rings (SSSR count). The molecule has 0 spiro atoms. The standard InChI is InChI=1S/C14H18N6/c1-19-9-10(8-16-19)7-12(17-15)14-11-5-3-4-6-13(11)20(2)18-14/h3-6,8-9,12,17H,7,15H2,1-2H3. The molecule has 0 saturated heterocycles. The lowest BCUT2D eigenvalue weighted by molar-refractivity contribution is 0.532. The van der Waals surface area contributed by atoms with E-state index in [0.717, 1.165) is 28.6 Å². The molecule has 2 heterocycles. The van der Waals surface area contributed by atoms with Gasteiger partial charge in [-0.2, -0.15) is 10.2 Å². The van der Waals surface area contributed by atoms with Gasteiger partial charge in [-0.25, -0.2) is 0 Å². The number of aromatic nitrogens is 4. The van der Waals surface area contributed by atoms with Crippen molar-refractivity contribution in [3.8, 4) is 0 Å². The predicted molar refractivity (Wildman–Crippen MR) is 77.7 cm³/mol. The van der Waals surface area contributed by atoms with Gasteiger partial charge in [0, 0.05) is 25.7 Å². The SMILES string of the molecule is Cn1cc(CC(NN)c2nn(C)c3ccccc23)cn1. The Bertz CT molecular complexity index is 726. The van der Waals surface area contributed by atoms with Crippen LogP contribution in [0.5, 0.6) is 0 Å². The fourth-order valence-electron chi connectivity index (χ4n) is 2.55. The normalized spacial score (nSPS) is 12.9. The lowest BCUT2D eigenvalue weighted by atomic mass is 10.0. The van der Waals surface area contributed by atoms with E-state index >= 15 is 0 Å². The molecule has 0 aliphatic rings. The Morgan fingerprint density at radius 3 is 2.80 bits per heavy atom. The molecule has 20 heavy (non-hydrogen) atoms. The molecule has 0 aliphatic carbocycles. The van der Waals surface area contributed by atoms with Gasteiger partial charge in [-0.1, -0.05) is 18.2 Å². The summed E-state index contributed by atoms with van der Waals surface area (Å²) in [4.78, 5) is 0. The molecule has 3 N–H and O–H groups in total. The fourth-order valence-corrected chi connectivity index (χ4v) is 2.55. The molecule has 0 fully saturated rings. The summed E-state index contributed by atoms with van der Waals surface area (Å²) in [6.45, 7) is 0. The van der Waals surface area contributed by atoms with E-state index in [1.54, 1.807) is 4.68 Å². The molecule has 0 amide bonds. The number of aryl methyl sites for hydroxylation is 2. The Balaban J connectivity index is 1.99. The van der Waals surface area contributed by atoms with Crippen LogP contribution in [0.25, 0.3) is 10.9 Å². The number of hydrogen-bond donors (Lipinski definition) is 2. The van der Waals surface area contributed by atoms with E-state index in [0.29, 0.717) is 0 Å². The van der Waals surface area contributed by atoms with E-state index in [2.05, 4.69) is 27.8 Å². The highest BCUT2D eigenvalue weighted by Gasteiger charge is 2.18. The zero-order chi connectivity index (χ0) is 14.1. The molecule has 2 aromatic heterocycles. The van der Waals surface area contributed by atoms with Gasteiger partial charge in [0.15, 0.2) is 0 Å². The number of para-hydroxylation sites is 1. The van der Waals surface area contributed by atoms with Crippen molar-refractivity contribution in [2.45, 2.75) is 12.5 Å². The molecular formula is C14H18N6. The maximum atomic E-state index is 5.73. The van der Waals surface area contributed by atoms with Crippen LogP contribution in [0.4, 0.5) is 0 Å². The van der Waals surface area contributed by atoms with Crippen LogP contribution < -0.4 is 11.3 Å². The van der Waals surface area contributed by atoms with Crippen molar-refractivity contribution in [2.24, 2.45) is 19.9 Å². The minimum absolute atomic E-state index is 0.0368. The quantitative estimate of drug-likeness (QED) is 0.549. The highest BCUT2D eigenvalue weighted by Crippen LogP contribution is 2.25. The average molecular weight is 270 g/mol. The first-order valence-corrected chi connectivity index (χ1v) is 6.54. The second-order valence-corrected chi connectivity index (χ2v) is 4.97. The van der Waals surface area contributed by atoms with Gasteiger partial charge >= 0.3 is 0 Å². The summed E-state index contributed by atoms with van der Waals surface area (Å²) < 4.78 is 3.68. The number of fused-ring (bicyclic) bond motifs is 1. The molecule has 6 heteroatoms. The lowest BCUT2D eigenvalue weighted by Crippen LogP contribution is -2.30. The maximum Gasteiger partial charge on any atom is 0.0889 e. The Morgan fingerprint density at radius 2 is 2.10 bits per heavy atom. The van der Waals surface area contributed by atoms with Crippen LogP contribution in [-0.4, -0.2) is 19.6 Å². The van der Waals surface area contributed by atoms with E-state index in [-0.39, 0.29) is 6.04 Å². The summed E-state index contributed by atoms with van der Waals surface area (Å²) in [5, 5.41) is 9.93. The van der Waals surface area contributed by atoms with Gasteiger partial charge in [0.2, 0.25) is 0 Å². The minimum Gasteiger partial charge on any atom is -0.276 e. The molecule has 1 unspecified atom stereocenters. The number of nitrogens with zero attached hydrogens (tertiary/aromatic N) is 4. The van der Waals surface area contributed by atoms with Crippen molar-refractivity contribution < 1.29 is 0 Å². The van der Waals surface area contributed by atoms with E-state index in [1.807, 2.05) is 43.3 Å². The first-order valence-electron chi connectivity index (χ1n) is 6.54. The highest BCUT2D eigenvalue weighted by atomic mass is 15.3. The van der Waals surface area contributed by atoms with Gasteiger partial charge in [-0.15, -0.1) is 0 Å². The molecule has 0 aliphatic heterocycles. The molecule has 0 saturated carbocycles. The molecular weight excluding hydrogens is 252 g/mol. The van der Waals surface area contributed by atoms with Crippen LogP contribution in [0.1, 0.15) is 17.3 Å². The van der Waals surface area contributed by atoms with Gasteiger partial charge in [-0.3, -0.25) is 20.6 Å². The molecule has 6 nitrogen and oxygen atoms in total. The molecule has 1 aromatic carbocycles. The number of hydrazine groups is 1. The molecule has 104 valence electrons. The lowest BCUT2D eigenvalue weighted by Gasteiger charge is -2.12. The third-order valence-corrected chi connectivity index (χ3v) is 3.52. The first-order chi connectivity index (χ1) is 9.69. The summed E-state index contributed by atoms with van der Waals surface area (Å²) in [5.74, 6) is 5.73. The van der Waals surface area contributed by atoms with E-state index < -0.39 is 0 Å². The van der Waals surface area contributed by atoms with Gasteiger partial charge in [0.25, 0.3) is 0 Å². The predicted octanol–water partition coefficient (Wildman–Crippen LogP) is 1.05. The summed E-state index contributed by atoms with van der Waals surface area (Å²) >= 11 is 0. The van der Waals surface area contributed by atoms with E-state index in [4.69, 9.17) is 5.84 Å². The van der Waals surface area contributed by atoms with Crippen LogP contribution in [0.15, 0.2) is 36.7 Å². The summed E-state index contributed by atoms with van der Waals surface area (Å²) in [7, 11) is 3.86. The topological polar surface area (TPSA) is 73.7 Å². The zero-order valence-corrected chi connectivity index (χ0v) is 11.6. The Labute approximate surface area is 117 Å². The van der Waals surface area contributed by atoms with Crippen molar-refractivity contribution in [2.75, 3.05) is 0 Å². The summed E-state index contributed by atoms with van der Waals surface area (Å²) in [6.07, 6.45) is 4.61. The Morgan fingerprint density at radius 1 is 1.30 bits per heavy atom. The third-order valence-electron chi connectivity index (χ3n) is 3.52. The van der Waals surface area contributed by atoms with Crippen LogP contribution in [0, 0.1) is 0 Å². The van der Waals surface area contributed by atoms with Crippen LogP contribution >= 0.6 is 0 Å². The summed E-state index contributed by atoms with van der Waals surface area (Å²) in [6, 6.07) is 8.13. The van der Waals surface area contributed by atoms with Crippen LogP contribution in [0.3, 0.4) is 0 Å². The maximum absolute atomic E-state index is 5.73. The third kappa shape index (κ3) is 2.19. The first kappa shape index (κ1) is 12.8.